The number of carboxylic acids is 1. The number of hydrogen-bond donors (Lipinski definition) is 2. The first-order valence-electron chi connectivity index (χ1n) is 6.63. The van der Waals surface area contributed by atoms with Gasteiger partial charge in [-0.2, -0.15) is 0 Å². The van der Waals surface area contributed by atoms with E-state index < -0.39 is 15.8 Å². The second kappa shape index (κ2) is 5.57. The van der Waals surface area contributed by atoms with Crippen LogP contribution in [0.4, 0.5) is 0 Å². The van der Waals surface area contributed by atoms with Crippen LogP contribution < -0.4 is 5.32 Å². The summed E-state index contributed by atoms with van der Waals surface area (Å²) in [5.41, 5.74) is 0. The summed E-state index contributed by atoms with van der Waals surface area (Å²) in [6, 6.07) is 0.239. The Kier molecular flexibility index (Phi) is 4.27. The van der Waals surface area contributed by atoms with Gasteiger partial charge in [0, 0.05) is 6.04 Å². The maximum Gasteiger partial charge on any atom is 0.306 e. The Labute approximate surface area is 108 Å². The molecule has 0 aromatic heterocycles. The molecule has 1 saturated carbocycles. The molecule has 104 valence electrons. The van der Waals surface area contributed by atoms with Crippen LogP contribution in [0.25, 0.3) is 0 Å². The monoisotopic (exact) mass is 275 g/mol. The molecule has 1 aliphatic heterocycles. The quantitative estimate of drug-likeness (QED) is 0.787. The Morgan fingerprint density at radius 1 is 1.28 bits per heavy atom. The molecule has 1 saturated heterocycles. The zero-order valence-corrected chi connectivity index (χ0v) is 11.3. The molecular formula is C12H21NO4S. The number of hydrogen-bond acceptors (Lipinski definition) is 4. The lowest BCUT2D eigenvalue weighted by Gasteiger charge is -2.28. The highest BCUT2D eigenvalue weighted by Crippen LogP contribution is 2.25. The molecular weight excluding hydrogens is 254 g/mol. The number of carboxylic acid groups (broad SMARTS) is 1. The summed E-state index contributed by atoms with van der Waals surface area (Å²) in [6.07, 6.45) is 4.13. The molecule has 1 heterocycles. The SMILES string of the molecule is O=C(O)C1CCCC(NCC2CCS(=O)(=O)C2)C1. The number of sulfone groups is 1. The molecule has 0 amide bonds. The predicted octanol–water partition coefficient (Wildman–Crippen LogP) is 0.654. The molecule has 6 heteroatoms. The zero-order valence-electron chi connectivity index (χ0n) is 10.5. The number of aliphatic carboxylic acids is 1. The van der Waals surface area contributed by atoms with Gasteiger partial charge in [0.15, 0.2) is 9.84 Å². The van der Waals surface area contributed by atoms with Crippen molar-refractivity contribution < 1.29 is 18.3 Å². The fraction of sp³-hybridized carbons (Fsp3) is 0.917. The number of nitrogens with one attached hydrogen (secondary N) is 1. The third-order valence-electron chi connectivity index (χ3n) is 4.05. The fourth-order valence-corrected chi connectivity index (χ4v) is 4.83. The van der Waals surface area contributed by atoms with Gasteiger partial charge in [0.05, 0.1) is 17.4 Å². The first-order chi connectivity index (χ1) is 8.46. The van der Waals surface area contributed by atoms with E-state index in [2.05, 4.69) is 5.32 Å². The first-order valence-corrected chi connectivity index (χ1v) is 8.45. The smallest absolute Gasteiger partial charge is 0.306 e. The average Bonchev–Trinajstić information content (AvgIpc) is 2.67. The van der Waals surface area contributed by atoms with Crippen molar-refractivity contribution in [1.82, 2.24) is 5.32 Å². The molecule has 2 rings (SSSR count). The van der Waals surface area contributed by atoms with E-state index in [9.17, 15) is 13.2 Å². The van der Waals surface area contributed by atoms with Gasteiger partial charge in [-0.1, -0.05) is 6.42 Å². The standard InChI is InChI=1S/C12H21NO4S/c14-12(15)10-2-1-3-11(6-10)13-7-9-4-5-18(16,17)8-9/h9-11,13H,1-8H2,(H,14,15). The average molecular weight is 275 g/mol. The minimum Gasteiger partial charge on any atom is -0.481 e. The van der Waals surface area contributed by atoms with E-state index in [1.165, 1.54) is 0 Å². The minimum absolute atomic E-state index is 0.209. The summed E-state index contributed by atoms with van der Waals surface area (Å²) >= 11 is 0. The molecule has 18 heavy (non-hydrogen) atoms. The third kappa shape index (κ3) is 3.68. The summed E-state index contributed by atoms with van der Waals surface area (Å²) in [6.45, 7) is 0.705. The lowest BCUT2D eigenvalue weighted by molar-refractivity contribution is -0.143. The van der Waals surface area contributed by atoms with Crippen molar-refractivity contribution in [2.45, 2.75) is 38.1 Å². The van der Waals surface area contributed by atoms with Crippen LogP contribution in [0.1, 0.15) is 32.1 Å². The van der Waals surface area contributed by atoms with Crippen LogP contribution in [-0.2, 0) is 14.6 Å². The Hall–Kier alpha value is -0.620. The van der Waals surface area contributed by atoms with Crippen molar-refractivity contribution in [1.29, 1.82) is 0 Å². The van der Waals surface area contributed by atoms with E-state index in [4.69, 9.17) is 5.11 Å². The molecule has 5 nitrogen and oxygen atoms in total. The minimum atomic E-state index is -2.81. The maximum atomic E-state index is 11.3. The lowest BCUT2D eigenvalue weighted by Crippen LogP contribution is -2.39. The Morgan fingerprint density at radius 3 is 2.67 bits per heavy atom. The van der Waals surface area contributed by atoms with Gasteiger partial charge < -0.3 is 10.4 Å². The first kappa shape index (κ1) is 13.8. The van der Waals surface area contributed by atoms with E-state index in [-0.39, 0.29) is 23.6 Å². The maximum absolute atomic E-state index is 11.3. The van der Waals surface area contributed by atoms with E-state index in [0.29, 0.717) is 18.7 Å². The van der Waals surface area contributed by atoms with Gasteiger partial charge >= 0.3 is 5.97 Å². The topological polar surface area (TPSA) is 83.5 Å². The van der Waals surface area contributed by atoms with Crippen LogP contribution in [0.15, 0.2) is 0 Å². The summed E-state index contributed by atoms with van der Waals surface area (Å²) in [5.74, 6) is -0.134. The van der Waals surface area contributed by atoms with Gasteiger partial charge in [0.1, 0.15) is 0 Å². The van der Waals surface area contributed by atoms with Gasteiger partial charge in [-0.05, 0) is 38.1 Å². The van der Waals surface area contributed by atoms with Gasteiger partial charge in [-0.25, -0.2) is 8.42 Å². The van der Waals surface area contributed by atoms with Gasteiger partial charge in [0.2, 0.25) is 0 Å². The molecule has 0 aromatic carbocycles. The van der Waals surface area contributed by atoms with Crippen molar-refractivity contribution in [3.63, 3.8) is 0 Å². The molecule has 0 radical (unpaired) electrons. The van der Waals surface area contributed by atoms with Crippen LogP contribution in [-0.4, -0.2) is 43.6 Å². The normalized spacial score (nSPS) is 35.4. The van der Waals surface area contributed by atoms with Gasteiger partial charge in [0.25, 0.3) is 0 Å². The van der Waals surface area contributed by atoms with Crippen molar-refractivity contribution in [3.8, 4) is 0 Å². The van der Waals surface area contributed by atoms with Crippen LogP contribution in [0.5, 0.6) is 0 Å². The Morgan fingerprint density at radius 2 is 2.06 bits per heavy atom. The fourth-order valence-electron chi connectivity index (χ4n) is 2.97. The van der Waals surface area contributed by atoms with Gasteiger partial charge in [-0.15, -0.1) is 0 Å². The van der Waals surface area contributed by atoms with Crippen molar-refractivity contribution in [3.05, 3.63) is 0 Å². The largest absolute Gasteiger partial charge is 0.481 e. The Bertz CT molecular complexity index is 406. The van der Waals surface area contributed by atoms with Crippen LogP contribution in [0, 0.1) is 11.8 Å². The molecule has 0 aromatic rings. The van der Waals surface area contributed by atoms with E-state index in [0.717, 1.165) is 25.7 Å². The molecule has 1 aliphatic carbocycles. The summed E-state index contributed by atoms with van der Waals surface area (Å²) in [7, 11) is -2.81. The second-order valence-corrected chi connectivity index (χ2v) is 7.80. The van der Waals surface area contributed by atoms with Gasteiger partial charge in [-0.3, -0.25) is 4.79 Å². The number of carbonyl (C=O) groups is 1. The highest BCUT2D eigenvalue weighted by Gasteiger charge is 2.30. The van der Waals surface area contributed by atoms with E-state index in [1.54, 1.807) is 0 Å². The highest BCUT2D eigenvalue weighted by atomic mass is 32.2. The zero-order chi connectivity index (χ0) is 13.2. The molecule has 2 aliphatic rings. The summed E-state index contributed by atoms with van der Waals surface area (Å²) in [5, 5.41) is 12.4. The molecule has 3 atom stereocenters. The van der Waals surface area contributed by atoms with Crippen molar-refractivity contribution >= 4 is 15.8 Å². The lowest BCUT2D eigenvalue weighted by atomic mass is 9.85. The van der Waals surface area contributed by atoms with E-state index >= 15 is 0 Å². The molecule has 0 spiro atoms. The molecule has 0 bridgehead atoms. The third-order valence-corrected chi connectivity index (χ3v) is 5.88. The predicted molar refractivity (Wildman–Crippen MR) is 68.1 cm³/mol. The van der Waals surface area contributed by atoms with Crippen molar-refractivity contribution in [2.24, 2.45) is 11.8 Å². The highest BCUT2D eigenvalue weighted by molar-refractivity contribution is 7.91. The van der Waals surface area contributed by atoms with E-state index in [1.807, 2.05) is 0 Å². The Balaban J connectivity index is 1.75. The molecule has 3 unspecified atom stereocenters. The van der Waals surface area contributed by atoms with Crippen molar-refractivity contribution in [2.75, 3.05) is 18.1 Å². The summed E-state index contributed by atoms with van der Waals surface area (Å²) in [4.78, 5) is 10.9. The van der Waals surface area contributed by atoms with Crippen LogP contribution in [0.3, 0.4) is 0 Å². The summed E-state index contributed by atoms with van der Waals surface area (Å²) < 4.78 is 22.7. The molecule has 2 N–H and O–H groups in total. The van der Waals surface area contributed by atoms with Crippen LogP contribution in [0.2, 0.25) is 0 Å². The van der Waals surface area contributed by atoms with Crippen LogP contribution >= 0.6 is 0 Å². The number of rotatable bonds is 4. The molecule has 2 fully saturated rings. The second-order valence-electron chi connectivity index (χ2n) is 5.58.